The van der Waals surface area contributed by atoms with E-state index in [1.54, 1.807) is 0 Å². The van der Waals surface area contributed by atoms with Crippen LogP contribution in [0.5, 0.6) is 5.75 Å². The summed E-state index contributed by atoms with van der Waals surface area (Å²) in [5.74, 6) is 1.03. The van der Waals surface area contributed by atoms with Crippen molar-refractivity contribution in [2.45, 2.75) is 59.6 Å². The van der Waals surface area contributed by atoms with Crippen molar-refractivity contribution in [2.24, 2.45) is 0 Å². The largest absolute Gasteiger partial charge is 0.490 e. The maximum absolute atomic E-state index is 6.04. The lowest BCUT2D eigenvalue weighted by atomic mass is 10.0. The monoisotopic (exact) mass is 249 g/mol. The number of hydrogen-bond acceptors (Lipinski definition) is 2. The van der Waals surface area contributed by atoms with Crippen LogP contribution in [0.4, 0.5) is 0 Å². The molecule has 0 aliphatic heterocycles. The molecule has 2 nitrogen and oxygen atoms in total. The lowest BCUT2D eigenvalue weighted by molar-refractivity contribution is 0.213. The van der Waals surface area contributed by atoms with Gasteiger partial charge in [-0.25, -0.2) is 0 Å². The van der Waals surface area contributed by atoms with E-state index in [1.165, 1.54) is 11.1 Å². The molecule has 0 aromatic heterocycles. The molecule has 2 atom stereocenters. The Morgan fingerprint density at radius 2 is 1.94 bits per heavy atom. The van der Waals surface area contributed by atoms with E-state index < -0.39 is 0 Å². The van der Waals surface area contributed by atoms with Crippen LogP contribution in [-0.2, 0) is 0 Å². The number of nitrogens with one attached hydrogen (secondary N) is 1. The van der Waals surface area contributed by atoms with E-state index in [0.29, 0.717) is 6.04 Å². The molecule has 0 saturated carbocycles. The molecule has 0 fully saturated rings. The first-order chi connectivity index (χ1) is 8.58. The van der Waals surface area contributed by atoms with Gasteiger partial charge in [0.15, 0.2) is 0 Å². The van der Waals surface area contributed by atoms with Crippen LogP contribution >= 0.6 is 0 Å². The van der Waals surface area contributed by atoms with Crippen molar-refractivity contribution in [1.29, 1.82) is 0 Å². The highest BCUT2D eigenvalue weighted by molar-refractivity contribution is 5.39. The van der Waals surface area contributed by atoms with Gasteiger partial charge < -0.3 is 10.1 Å². The first-order valence-electron chi connectivity index (χ1n) is 7.09. The second-order valence-corrected chi connectivity index (χ2v) is 5.05. The zero-order valence-electron chi connectivity index (χ0n) is 12.4. The fourth-order valence-electron chi connectivity index (χ4n) is 1.87. The third-order valence-electron chi connectivity index (χ3n) is 3.24. The van der Waals surface area contributed by atoms with Gasteiger partial charge in [0.2, 0.25) is 0 Å². The van der Waals surface area contributed by atoms with Crippen LogP contribution in [0.2, 0.25) is 0 Å². The van der Waals surface area contributed by atoms with Gasteiger partial charge in [-0.1, -0.05) is 26.0 Å². The molecule has 102 valence electrons. The molecule has 0 amide bonds. The maximum atomic E-state index is 6.04. The quantitative estimate of drug-likeness (QED) is 0.780. The Hall–Kier alpha value is -1.02. The van der Waals surface area contributed by atoms with Crippen molar-refractivity contribution in [3.63, 3.8) is 0 Å². The van der Waals surface area contributed by atoms with Crippen molar-refractivity contribution in [2.75, 3.05) is 6.54 Å². The second-order valence-electron chi connectivity index (χ2n) is 5.05. The van der Waals surface area contributed by atoms with Crippen molar-refractivity contribution < 1.29 is 4.74 Å². The Bertz CT molecular complexity index is 362. The third-order valence-corrected chi connectivity index (χ3v) is 3.24. The molecule has 1 aromatic carbocycles. The summed E-state index contributed by atoms with van der Waals surface area (Å²) in [5.41, 5.74) is 2.51. The van der Waals surface area contributed by atoms with E-state index in [0.717, 1.165) is 25.1 Å². The number of aryl methyl sites for hydroxylation is 1. The van der Waals surface area contributed by atoms with Crippen molar-refractivity contribution in [3.05, 3.63) is 29.3 Å². The van der Waals surface area contributed by atoms with Crippen LogP contribution in [0.3, 0.4) is 0 Å². The molecule has 0 bridgehead atoms. The summed E-state index contributed by atoms with van der Waals surface area (Å²) in [6.07, 6.45) is 2.45. The van der Waals surface area contributed by atoms with Crippen LogP contribution in [0, 0.1) is 6.92 Å². The highest BCUT2D eigenvalue weighted by Crippen LogP contribution is 2.27. The summed E-state index contributed by atoms with van der Waals surface area (Å²) in [5, 5.41) is 3.52. The predicted molar refractivity (Wildman–Crippen MR) is 78.3 cm³/mol. The maximum Gasteiger partial charge on any atom is 0.124 e. The molecular weight excluding hydrogens is 222 g/mol. The molecule has 0 aliphatic carbocycles. The first-order valence-corrected chi connectivity index (χ1v) is 7.09. The van der Waals surface area contributed by atoms with E-state index in [9.17, 15) is 0 Å². The smallest absolute Gasteiger partial charge is 0.124 e. The molecule has 1 aromatic rings. The van der Waals surface area contributed by atoms with Gasteiger partial charge in [0.05, 0.1) is 6.10 Å². The molecule has 0 heterocycles. The molecule has 0 aliphatic rings. The number of hydrogen-bond donors (Lipinski definition) is 1. The highest BCUT2D eigenvalue weighted by atomic mass is 16.5. The molecule has 0 saturated heterocycles. The molecule has 18 heavy (non-hydrogen) atoms. The van der Waals surface area contributed by atoms with Crippen LogP contribution < -0.4 is 10.1 Å². The highest BCUT2D eigenvalue weighted by Gasteiger charge is 2.13. The fourth-order valence-corrected chi connectivity index (χ4v) is 1.87. The normalized spacial score (nSPS) is 14.3. The van der Waals surface area contributed by atoms with E-state index in [4.69, 9.17) is 4.74 Å². The van der Waals surface area contributed by atoms with Crippen molar-refractivity contribution in [1.82, 2.24) is 5.32 Å². The van der Waals surface area contributed by atoms with E-state index in [2.05, 4.69) is 58.1 Å². The summed E-state index contributed by atoms with van der Waals surface area (Å²) in [4.78, 5) is 0. The average Bonchev–Trinajstić information content (AvgIpc) is 2.36. The summed E-state index contributed by atoms with van der Waals surface area (Å²) >= 11 is 0. The lowest BCUT2D eigenvalue weighted by Gasteiger charge is -2.21. The molecule has 0 spiro atoms. The predicted octanol–water partition coefficient (Wildman–Crippen LogP) is 4.23. The van der Waals surface area contributed by atoms with Crippen LogP contribution in [0.15, 0.2) is 18.2 Å². The molecule has 2 unspecified atom stereocenters. The van der Waals surface area contributed by atoms with Gasteiger partial charge >= 0.3 is 0 Å². The van der Waals surface area contributed by atoms with Gasteiger partial charge in [-0.3, -0.25) is 0 Å². The number of ether oxygens (including phenoxy) is 1. The summed E-state index contributed by atoms with van der Waals surface area (Å²) in [7, 11) is 0. The molecule has 1 rings (SSSR count). The van der Waals surface area contributed by atoms with E-state index >= 15 is 0 Å². The Balaban J connectivity index is 2.88. The number of rotatable bonds is 7. The summed E-state index contributed by atoms with van der Waals surface area (Å²) in [6, 6.07) is 6.82. The SMILES string of the molecule is CCCNC(C)c1ccc(C)cc1OC(C)CC. The number of benzene rings is 1. The van der Waals surface area contributed by atoms with Gasteiger partial charge in [-0.05, 0) is 51.8 Å². The topological polar surface area (TPSA) is 21.3 Å². The fraction of sp³-hybridized carbons (Fsp3) is 0.625. The van der Waals surface area contributed by atoms with Crippen LogP contribution in [-0.4, -0.2) is 12.6 Å². The van der Waals surface area contributed by atoms with Gasteiger partial charge in [0, 0.05) is 11.6 Å². The Morgan fingerprint density at radius 3 is 2.56 bits per heavy atom. The van der Waals surface area contributed by atoms with Crippen LogP contribution in [0.25, 0.3) is 0 Å². The zero-order valence-corrected chi connectivity index (χ0v) is 12.4. The van der Waals surface area contributed by atoms with Crippen LogP contribution in [0.1, 0.15) is 57.7 Å². The minimum absolute atomic E-state index is 0.268. The molecule has 1 N–H and O–H groups in total. The third kappa shape index (κ3) is 4.34. The van der Waals surface area contributed by atoms with Gasteiger partial charge in [-0.2, -0.15) is 0 Å². The summed E-state index contributed by atoms with van der Waals surface area (Å²) in [6.45, 7) is 11.8. The Labute approximate surface area is 112 Å². The van der Waals surface area contributed by atoms with Crippen molar-refractivity contribution in [3.8, 4) is 5.75 Å². The first kappa shape index (κ1) is 15.0. The van der Waals surface area contributed by atoms with Gasteiger partial charge in [0.1, 0.15) is 5.75 Å². The second kappa shape index (κ2) is 7.42. The average molecular weight is 249 g/mol. The van der Waals surface area contributed by atoms with Gasteiger partial charge in [-0.15, -0.1) is 0 Å². The lowest BCUT2D eigenvalue weighted by Crippen LogP contribution is -2.21. The minimum Gasteiger partial charge on any atom is -0.490 e. The Kier molecular flexibility index (Phi) is 6.20. The van der Waals surface area contributed by atoms with Crippen molar-refractivity contribution >= 4 is 0 Å². The van der Waals surface area contributed by atoms with Gasteiger partial charge in [0.25, 0.3) is 0 Å². The van der Waals surface area contributed by atoms with E-state index in [1.807, 2.05) is 0 Å². The standard InChI is InChI=1S/C16H27NO/c1-6-10-17-14(5)15-9-8-12(3)11-16(15)18-13(4)7-2/h8-9,11,13-14,17H,6-7,10H2,1-5H3. The molecule has 2 heteroatoms. The van der Waals surface area contributed by atoms with E-state index in [-0.39, 0.29) is 6.10 Å². The summed E-state index contributed by atoms with van der Waals surface area (Å²) < 4.78 is 6.04. The molecule has 0 radical (unpaired) electrons. The zero-order chi connectivity index (χ0) is 13.5. The Morgan fingerprint density at radius 1 is 1.22 bits per heavy atom. The molecular formula is C16H27NO. The minimum atomic E-state index is 0.268.